The van der Waals surface area contributed by atoms with Gasteiger partial charge in [-0.25, -0.2) is 0 Å². The van der Waals surface area contributed by atoms with Crippen molar-refractivity contribution in [1.29, 1.82) is 0 Å². The van der Waals surface area contributed by atoms with Crippen LogP contribution in [0.15, 0.2) is 0 Å². The summed E-state index contributed by atoms with van der Waals surface area (Å²) in [6, 6.07) is -0.347. The van der Waals surface area contributed by atoms with Crippen LogP contribution in [0.25, 0.3) is 0 Å². The van der Waals surface area contributed by atoms with Gasteiger partial charge >= 0.3 is 5.97 Å². The number of nitrogens with two attached hydrogens (primary N) is 1. The van der Waals surface area contributed by atoms with E-state index >= 15 is 0 Å². The van der Waals surface area contributed by atoms with Gasteiger partial charge < -0.3 is 10.8 Å². The van der Waals surface area contributed by atoms with Gasteiger partial charge in [0.25, 0.3) is 0 Å². The van der Waals surface area contributed by atoms with Gasteiger partial charge in [0.2, 0.25) is 5.91 Å². The van der Waals surface area contributed by atoms with Crippen molar-refractivity contribution < 1.29 is 14.7 Å². The molecule has 1 heterocycles. The first-order valence-corrected chi connectivity index (χ1v) is 3.78. The number of aliphatic carboxylic acids is 1. The molecule has 0 spiro atoms. The third-order valence-corrected chi connectivity index (χ3v) is 2.22. The first-order valence-electron chi connectivity index (χ1n) is 3.78. The number of likely N-dealkylation sites (tertiary alicyclic amines) is 1. The zero-order chi connectivity index (χ0) is 9.30. The Balaban J connectivity index is 2.34. The van der Waals surface area contributed by atoms with Crippen LogP contribution < -0.4 is 5.73 Å². The van der Waals surface area contributed by atoms with E-state index in [-0.39, 0.29) is 12.0 Å². The summed E-state index contributed by atoms with van der Waals surface area (Å²) in [6.45, 7) is 2.54. The molecule has 68 valence electrons. The van der Waals surface area contributed by atoms with Crippen molar-refractivity contribution in [2.75, 3.05) is 13.1 Å². The predicted octanol–water partition coefficient (Wildman–Crippen LogP) is -1.12. The van der Waals surface area contributed by atoms with Gasteiger partial charge in [-0.3, -0.25) is 14.5 Å². The molecule has 5 nitrogen and oxygen atoms in total. The van der Waals surface area contributed by atoms with Crippen LogP contribution in [0.4, 0.5) is 0 Å². The summed E-state index contributed by atoms with van der Waals surface area (Å²) in [5.74, 6) is -1.53. The van der Waals surface area contributed by atoms with Gasteiger partial charge in [-0.1, -0.05) is 0 Å². The molecule has 1 rings (SSSR count). The number of carboxylic acid groups (broad SMARTS) is 1. The van der Waals surface area contributed by atoms with Crippen LogP contribution >= 0.6 is 0 Å². The molecule has 1 amide bonds. The normalized spacial score (nSPS) is 21.4. The van der Waals surface area contributed by atoms with Crippen molar-refractivity contribution in [2.45, 2.75) is 13.0 Å². The zero-order valence-electron chi connectivity index (χ0n) is 6.86. The zero-order valence-corrected chi connectivity index (χ0v) is 6.86. The highest BCUT2D eigenvalue weighted by Crippen LogP contribution is 2.18. The molecule has 0 aromatic carbocycles. The number of carboxylic acids is 1. The summed E-state index contributed by atoms with van der Waals surface area (Å²) in [7, 11) is 0. The molecule has 1 fully saturated rings. The highest BCUT2D eigenvalue weighted by Gasteiger charge is 2.36. The van der Waals surface area contributed by atoms with E-state index in [1.54, 1.807) is 11.8 Å². The standard InChI is InChI=1S/C7H12N2O3/c1-4(6(8)10)9-2-5(3-9)7(11)12/h4-5H,2-3H2,1H3,(H2,8,10)(H,11,12). The van der Waals surface area contributed by atoms with Crippen LogP contribution in [-0.2, 0) is 9.59 Å². The van der Waals surface area contributed by atoms with Gasteiger partial charge in [0, 0.05) is 13.1 Å². The van der Waals surface area contributed by atoms with Gasteiger partial charge in [-0.2, -0.15) is 0 Å². The van der Waals surface area contributed by atoms with Crippen molar-refractivity contribution in [2.24, 2.45) is 11.7 Å². The lowest BCUT2D eigenvalue weighted by Gasteiger charge is -2.39. The first-order chi connectivity index (χ1) is 5.52. The Hall–Kier alpha value is -1.10. The quantitative estimate of drug-likeness (QED) is 0.564. The van der Waals surface area contributed by atoms with Gasteiger partial charge in [0.1, 0.15) is 0 Å². The summed E-state index contributed by atoms with van der Waals surface area (Å²) >= 11 is 0. The molecule has 1 unspecified atom stereocenters. The van der Waals surface area contributed by atoms with Crippen LogP contribution in [0.5, 0.6) is 0 Å². The fourth-order valence-corrected chi connectivity index (χ4v) is 1.17. The monoisotopic (exact) mass is 172 g/mol. The number of hydrogen-bond donors (Lipinski definition) is 2. The number of primary amides is 1. The predicted molar refractivity (Wildman–Crippen MR) is 41.4 cm³/mol. The third kappa shape index (κ3) is 1.55. The third-order valence-electron chi connectivity index (χ3n) is 2.22. The molecule has 1 saturated heterocycles. The molecular formula is C7H12N2O3. The average Bonchev–Trinajstić information content (AvgIpc) is 1.82. The van der Waals surface area contributed by atoms with E-state index in [4.69, 9.17) is 10.8 Å². The lowest BCUT2D eigenvalue weighted by molar-refractivity contribution is -0.150. The Labute approximate surface area is 70.1 Å². The fraction of sp³-hybridized carbons (Fsp3) is 0.714. The van der Waals surface area contributed by atoms with Crippen LogP contribution in [0.2, 0.25) is 0 Å². The molecule has 0 aliphatic carbocycles. The van der Waals surface area contributed by atoms with E-state index in [1.807, 2.05) is 0 Å². The van der Waals surface area contributed by atoms with Crippen LogP contribution in [0.1, 0.15) is 6.92 Å². The molecule has 0 radical (unpaired) electrons. The second-order valence-electron chi connectivity index (χ2n) is 3.07. The molecule has 1 aliphatic heterocycles. The van der Waals surface area contributed by atoms with E-state index in [1.165, 1.54) is 0 Å². The average molecular weight is 172 g/mol. The number of rotatable bonds is 3. The van der Waals surface area contributed by atoms with E-state index in [9.17, 15) is 9.59 Å². The van der Waals surface area contributed by atoms with Gasteiger partial charge in [0.15, 0.2) is 0 Å². The van der Waals surface area contributed by atoms with Crippen LogP contribution in [-0.4, -0.2) is 41.0 Å². The number of amides is 1. The SMILES string of the molecule is CC(C(N)=O)N1CC(C(=O)O)C1. The van der Waals surface area contributed by atoms with Crippen molar-refractivity contribution in [3.05, 3.63) is 0 Å². The summed E-state index contributed by atoms with van der Waals surface area (Å²) in [5.41, 5.74) is 5.04. The van der Waals surface area contributed by atoms with Gasteiger partial charge in [0.05, 0.1) is 12.0 Å². The molecule has 0 bridgehead atoms. The maximum absolute atomic E-state index is 10.6. The smallest absolute Gasteiger partial charge is 0.309 e. The fourth-order valence-electron chi connectivity index (χ4n) is 1.17. The molecular weight excluding hydrogens is 160 g/mol. The molecule has 5 heteroatoms. The van der Waals surface area contributed by atoms with Gasteiger partial charge in [-0.05, 0) is 6.92 Å². The van der Waals surface area contributed by atoms with E-state index in [2.05, 4.69) is 0 Å². The number of carbonyl (C=O) groups excluding carboxylic acids is 1. The largest absolute Gasteiger partial charge is 0.481 e. The van der Waals surface area contributed by atoms with Gasteiger partial charge in [-0.15, -0.1) is 0 Å². The van der Waals surface area contributed by atoms with Crippen LogP contribution in [0.3, 0.4) is 0 Å². The highest BCUT2D eigenvalue weighted by atomic mass is 16.4. The minimum Gasteiger partial charge on any atom is -0.481 e. The topological polar surface area (TPSA) is 83.6 Å². The summed E-state index contributed by atoms with van der Waals surface area (Å²) < 4.78 is 0. The molecule has 1 aliphatic rings. The number of carbonyl (C=O) groups is 2. The lowest BCUT2D eigenvalue weighted by atomic mass is 9.98. The van der Waals surface area contributed by atoms with Crippen molar-refractivity contribution in [3.63, 3.8) is 0 Å². The summed E-state index contributed by atoms with van der Waals surface area (Å²) in [6.07, 6.45) is 0. The molecule has 12 heavy (non-hydrogen) atoms. The Bertz CT molecular complexity index is 211. The minimum atomic E-state index is -0.803. The van der Waals surface area contributed by atoms with E-state index < -0.39 is 11.9 Å². The molecule has 0 aromatic rings. The second kappa shape index (κ2) is 3.10. The van der Waals surface area contributed by atoms with E-state index in [0.717, 1.165) is 0 Å². The van der Waals surface area contributed by atoms with Crippen molar-refractivity contribution >= 4 is 11.9 Å². The molecule has 1 atom stereocenters. The Morgan fingerprint density at radius 2 is 2.08 bits per heavy atom. The van der Waals surface area contributed by atoms with Crippen molar-refractivity contribution in [1.82, 2.24) is 4.90 Å². The summed E-state index contributed by atoms with van der Waals surface area (Å²) in [4.78, 5) is 22.8. The maximum atomic E-state index is 10.6. The Kier molecular flexibility index (Phi) is 2.32. The summed E-state index contributed by atoms with van der Waals surface area (Å²) in [5, 5.41) is 8.53. The second-order valence-corrected chi connectivity index (χ2v) is 3.07. The van der Waals surface area contributed by atoms with E-state index in [0.29, 0.717) is 13.1 Å². The minimum absolute atomic E-state index is 0.327. The number of hydrogen-bond acceptors (Lipinski definition) is 3. The highest BCUT2D eigenvalue weighted by molar-refractivity contribution is 5.80. The van der Waals surface area contributed by atoms with Crippen molar-refractivity contribution in [3.8, 4) is 0 Å². The van der Waals surface area contributed by atoms with Crippen LogP contribution in [0, 0.1) is 5.92 Å². The maximum Gasteiger partial charge on any atom is 0.309 e. The molecule has 0 aromatic heterocycles. The number of nitrogens with zero attached hydrogens (tertiary/aromatic N) is 1. The molecule has 3 N–H and O–H groups in total. The molecule has 0 saturated carbocycles. The first kappa shape index (κ1) is 8.99. The Morgan fingerprint density at radius 3 is 2.42 bits per heavy atom. The Morgan fingerprint density at radius 1 is 1.58 bits per heavy atom. The lowest BCUT2D eigenvalue weighted by Crippen LogP contribution is -2.57.